The maximum Gasteiger partial charge on any atom is 0.265 e. The van der Waals surface area contributed by atoms with Gasteiger partial charge in [-0.3, -0.25) is 9.52 Å². The third kappa shape index (κ3) is 4.87. The third-order valence-electron chi connectivity index (χ3n) is 2.59. The highest BCUT2D eigenvalue weighted by atomic mass is 35.5. The first-order chi connectivity index (χ1) is 11.3. The average Bonchev–Trinajstić information content (AvgIpc) is 2.51. The summed E-state index contributed by atoms with van der Waals surface area (Å²) in [5.74, 6) is -1.15. The molecule has 10 heteroatoms. The maximum atomic E-state index is 14.2. The van der Waals surface area contributed by atoms with E-state index in [2.05, 4.69) is 9.71 Å². The van der Waals surface area contributed by atoms with Crippen LogP contribution in [0.3, 0.4) is 0 Å². The lowest BCUT2D eigenvalue weighted by molar-refractivity contribution is 0.0979. The molecule has 128 valence electrons. The number of aromatic nitrogens is 1. The Morgan fingerprint density at radius 3 is 2.58 bits per heavy atom. The van der Waals surface area contributed by atoms with Gasteiger partial charge in [-0.2, -0.15) is 0 Å². The van der Waals surface area contributed by atoms with Crippen LogP contribution in [-0.2, 0) is 0 Å². The van der Waals surface area contributed by atoms with E-state index >= 15 is 0 Å². The van der Waals surface area contributed by atoms with Gasteiger partial charge in [-0.1, -0.05) is 34.8 Å². The Kier molecular flexibility index (Phi) is 6.54. The molecular weight excluding hydrogens is 400 g/mol. The van der Waals surface area contributed by atoms with Crippen molar-refractivity contribution in [2.24, 2.45) is 0 Å². The highest BCUT2D eigenvalue weighted by Gasteiger charge is 2.17. The van der Waals surface area contributed by atoms with Crippen LogP contribution < -0.4 is 9.46 Å². The third-order valence-corrected chi connectivity index (χ3v) is 4.21. The minimum atomic E-state index is -0.778. The van der Waals surface area contributed by atoms with Crippen molar-refractivity contribution < 1.29 is 13.9 Å². The number of rotatable bonds is 5. The van der Waals surface area contributed by atoms with Crippen LogP contribution in [0.15, 0.2) is 24.4 Å². The number of pyridine rings is 1. The zero-order valence-corrected chi connectivity index (χ0v) is 15.5. The molecule has 1 N–H and O–H groups in total. The molecule has 0 atom stereocenters. The summed E-state index contributed by atoms with van der Waals surface area (Å²) < 4.78 is 23.7. The van der Waals surface area contributed by atoms with E-state index in [4.69, 9.17) is 39.5 Å². The number of carbonyl (C=O) groups is 1. The number of nitrogens with zero attached hydrogens (tertiary/aromatic N) is 2. The van der Waals surface area contributed by atoms with Gasteiger partial charge in [-0.05, 0) is 20.2 Å². The number of hydrogen-bond donors (Lipinski definition) is 1. The summed E-state index contributed by atoms with van der Waals surface area (Å²) in [5, 5.41) is 0.358. The second-order valence-electron chi connectivity index (χ2n) is 4.64. The largest absolute Gasteiger partial charge is 0.454 e. The van der Waals surface area contributed by atoms with Crippen molar-refractivity contribution in [3.63, 3.8) is 0 Å². The zero-order valence-electron chi connectivity index (χ0n) is 12.4. The molecule has 0 saturated heterocycles. The van der Waals surface area contributed by atoms with Crippen LogP contribution in [0.1, 0.15) is 10.4 Å². The topological polar surface area (TPSA) is 54.5 Å². The highest BCUT2D eigenvalue weighted by Crippen LogP contribution is 2.33. The Morgan fingerprint density at radius 1 is 1.25 bits per heavy atom. The first-order valence-electron chi connectivity index (χ1n) is 6.40. The van der Waals surface area contributed by atoms with Crippen LogP contribution in [0.25, 0.3) is 0 Å². The summed E-state index contributed by atoms with van der Waals surface area (Å²) in [6, 6.07) is 3.61. The molecule has 1 amide bonds. The van der Waals surface area contributed by atoms with Gasteiger partial charge in [0.1, 0.15) is 22.5 Å². The van der Waals surface area contributed by atoms with E-state index in [0.29, 0.717) is 0 Å². The summed E-state index contributed by atoms with van der Waals surface area (Å²) >= 11 is 18.6. The second kappa shape index (κ2) is 8.22. The van der Waals surface area contributed by atoms with Gasteiger partial charge in [0.25, 0.3) is 5.91 Å². The average molecular weight is 411 g/mol. The molecule has 0 spiro atoms. The molecular formula is C14H11Cl3FN3O2S. The lowest BCUT2D eigenvalue weighted by atomic mass is 10.2. The van der Waals surface area contributed by atoms with Gasteiger partial charge in [0, 0.05) is 24.3 Å². The molecule has 1 heterocycles. The molecule has 1 aromatic heterocycles. The molecule has 0 bridgehead atoms. The number of ether oxygens (including phenoxy) is 1. The van der Waals surface area contributed by atoms with Gasteiger partial charge in [0.15, 0.2) is 0 Å². The fraction of sp³-hybridized carbons (Fsp3) is 0.143. The number of carbonyl (C=O) groups excluding carboxylic acids is 1. The summed E-state index contributed by atoms with van der Waals surface area (Å²) in [7, 11) is 3.47. The monoisotopic (exact) mass is 409 g/mol. The number of amides is 1. The summed E-state index contributed by atoms with van der Waals surface area (Å²) in [4.78, 5) is 15.7. The van der Waals surface area contributed by atoms with E-state index in [0.717, 1.165) is 18.2 Å². The van der Waals surface area contributed by atoms with Crippen molar-refractivity contribution in [1.82, 2.24) is 14.0 Å². The van der Waals surface area contributed by atoms with E-state index in [1.807, 2.05) is 0 Å². The molecule has 24 heavy (non-hydrogen) atoms. The Hall–Kier alpha value is -1.25. The summed E-state index contributed by atoms with van der Waals surface area (Å²) in [5.41, 5.74) is -0.200. The molecule has 0 aliphatic rings. The maximum absolute atomic E-state index is 14.2. The van der Waals surface area contributed by atoms with Crippen LogP contribution in [0.5, 0.6) is 11.5 Å². The molecule has 2 rings (SSSR count). The lowest BCUT2D eigenvalue weighted by Gasteiger charge is -2.12. The van der Waals surface area contributed by atoms with Crippen LogP contribution in [-0.4, -0.2) is 29.3 Å². The first kappa shape index (κ1) is 19.1. The standard InChI is InChI=1S/C14H11Cl3FN3O2S/c1-21(2)24-20-14(22)8-4-9(15)12(5-11(8)18)23-7-3-10(16)13(17)19-6-7/h3-6H,1-2H3,(H,20,22). The zero-order chi connectivity index (χ0) is 17.9. The first-order valence-corrected chi connectivity index (χ1v) is 8.31. The van der Waals surface area contributed by atoms with Crippen LogP contribution in [0.4, 0.5) is 4.39 Å². The number of halogens is 4. The SMILES string of the molecule is CN(C)SNC(=O)c1cc(Cl)c(Oc2cnc(Cl)c(Cl)c2)cc1F. The second-order valence-corrected chi connectivity index (χ2v) is 6.93. The van der Waals surface area contributed by atoms with Gasteiger partial charge < -0.3 is 4.74 Å². The van der Waals surface area contributed by atoms with E-state index < -0.39 is 11.7 Å². The Morgan fingerprint density at radius 2 is 1.96 bits per heavy atom. The number of hydrogen-bond acceptors (Lipinski definition) is 5. The molecule has 0 aliphatic heterocycles. The fourth-order valence-corrected chi connectivity index (χ4v) is 2.39. The van der Waals surface area contributed by atoms with Crippen molar-refractivity contribution in [3.05, 3.63) is 51.0 Å². The normalized spacial score (nSPS) is 10.8. The Balaban J connectivity index is 2.22. The van der Waals surface area contributed by atoms with E-state index in [1.54, 1.807) is 18.4 Å². The number of nitrogens with one attached hydrogen (secondary N) is 1. The molecule has 0 fully saturated rings. The van der Waals surface area contributed by atoms with Gasteiger partial charge in [-0.15, -0.1) is 0 Å². The van der Waals surface area contributed by atoms with Gasteiger partial charge in [0.2, 0.25) is 0 Å². The van der Waals surface area contributed by atoms with E-state index in [1.165, 1.54) is 18.3 Å². The van der Waals surface area contributed by atoms with Crippen molar-refractivity contribution in [2.45, 2.75) is 0 Å². The van der Waals surface area contributed by atoms with Crippen LogP contribution in [0.2, 0.25) is 15.2 Å². The van der Waals surface area contributed by atoms with Crippen molar-refractivity contribution >= 4 is 52.8 Å². The molecule has 5 nitrogen and oxygen atoms in total. The van der Waals surface area contributed by atoms with Crippen LogP contribution in [0, 0.1) is 5.82 Å². The van der Waals surface area contributed by atoms with E-state index in [9.17, 15) is 9.18 Å². The van der Waals surface area contributed by atoms with Crippen LogP contribution >= 0.6 is 46.9 Å². The predicted octanol–water partition coefficient (Wildman–Crippen LogP) is 4.83. The quantitative estimate of drug-likeness (QED) is 0.565. The van der Waals surface area contributed by atoms with Crippen molar-refractivity contribution in [2.75, 3.05) is 14.1 Å². The van der Waals surface area contributed by atoms with Gasteiger partial charge in [-0.25, -0.2) is 13.7 Å². The summed E-state index contributed by atoms with van der Waals surface area (Å²) in [6.07, 6.45) is 1.32. The summed E-state index contributed by atoms with van der Waals surface area (Å²) in [6.45, 7) is 0. The molecule has 0 aliphatic carbocycles. The minimum absolute atomic E-state index is 0.0196. The smallest absolute Gasteiger partial charge is 0.265 e. The Labute approximate surface area is 157 Å². The van der Waals surface area contributed by atoms with Gasteiger partial charge >= 0.3 is 0 Å². The fourth-order valence-electron chi connectivity index (χ4n) is 1.55. The molecule has 0 saturated carbocycles. The predicted molar refractivity (Wildman–Crippen MR) is 94.5 cm³/mol. The van der Waals surface area contributed by atoms with Crippen molar-refractivity contribution in [1.29, 1.82) is 0 Å². The van der Waals surface area contributed by atoms with Crippen molar-refractivity contribution in [3.8, 4) is 11.5 Å². The molecule has 0 radical (unpaired) electrons. The number of benzene rings is 1. The highest BCUT2D eigenvalue weighted by molar-refractivity contribution is 7.95. The van der Waals surface area contributed by atoms with Gasteiger partial charge in [0.05, 0.1) is 21.8 Å². The Bertz CT molecular complexity index is 777. The molecule has 0 unspecified atom stereocenters. The molecule has 2 aromatic rings. The minimum Gasteiger partial charge on any atom is -0.454 e. The molecule has 1 aromatic carbocycles. The van der Waals surface area contributed by atoms with E-state index in [-0.39, 0.29) is 32.3 Å². The lowest BCUT2D eigenvalue weighted by Crippen LogP contribution is -2.21.